The molecule has 0 heterocycles. The second-order valence-corrected chi connectivity index (χ2v) is 0.733. The Labute approximate surface area is 35.8 Å². The molecule has 0 spiro atoms. The largest absolute Gasteiger partial charge is 0.218 e. The van der Waals surface area contributed by atoms with Crippen LogP contribution in [0.5, 0.6) is 0 Å². The minimum absolute atomic E-state index is 0.700. The molecule has 0 aromatic carbocycles. The first kappa shape index (κ1) is 5.36. The molecule has 0 atom stereocenters. The Hall–Kier alpha value is -0.640. The maximum Gasteiger partial charge on any atom is 0.0656 e. The molecule has 0 aliphatic carbocycles. The first-order chi connectivity index (χ1) is 2.91. The zero-order valence-electron chi connectivity index (χ0n) is 3.56. The molecule has 0 bridgehead atoms. The molecule has 0 rings (SSSR count). The summed E-state index contributed by atoms with van der Waals surface area (Å²) >= 11 is 0. The average molecular weight is 89.1 g/mol. The van der Waals surface area contributed by atoms with E-state index in [4.69, 9.17) is 4.91 Å². The number of nitrogens with zero attached hydrogens (tertiary/aromatic N) is 1. The van der Waals surface area contributed by atoms with Crippen molar-refractivity contribution in [3.8, 4) is 0 Å². The summed E-state index contributed by atoms with van der Waals surface area (Å²) in [5.74, 6) is 0. The fraction of sp³-hybridized carbons (Fsp3) is 1.00. The zero-order valence-corrected chi connectivity index (χ0v) is 3.56. The Morgan fingerprint density at radius 3 is 2.67 bits per heavy atom. The van der Waals surface area contributed by atoms with Crippen LogP contribution in [0, 0.1) is 4.91 Å². The van der Waals surface area contributed by atoms with Crippen molar-refractivity contribution in [2.75, 3.05) is 6.54 Å². The Bertz CT molecular complexity index is 37.8. The molecule has 0 aromatic heterocycles. The Kier molecular flexibility index (Phi) is 3.89. The van der Waals surface area contributed by atoms with E-state index in [-0.39, 0.29) is 0 Å². The van der Waals surface area contributed by atoms with Crippen LogP contribution in [0.3, 0.4) is 0 Å². The summed E-state index contributed by atoms with van der Waals surface area (Å²) in [5, 5.41) is 2.31. The smallest absolute Gasteiger partial charge is 0.0656 e. The van der Waals surface area contributed by atoms with Gasteiger partial charge in [0, 0.05) is 6.54 Å². The number of nitroso groups, excluding NO2 is 1. The van der Waals surface area contributed by atoms with Crippen molar-refractivity contribution >= 4 is 0 Å². The Morgan fingerprint density at radius 1 is 1.83 bits per heavy atom. The van der Waals surface area contributed by atoms with Crippen molar-refractivity contribution in [3.05, 3.63) is 4.91 Å². The molecular formula is C2H7N3O. The number of hydrogen-bond donors (Lipinski definition) is 2. The van der Waals surface area contributed by atoms with Gasteiger partial charge < -0.3 is 0 Å². The van der Waals surface area contributed by atoms with Crippen LogP contribution in [0.4, 0.5) is 0 Å². The normalized spacial score (nSPS) is 7.50. The van der Waals surface area contributed by atoms with Crippen LogP contribution in [-0.2, 0) is 0 Å². The van der Waals surface area contributed by atoms with E-state index in [1.54, 1.807) is 0 Å². The first-order valence-electron chi connectivity index (χ1n) is 1.72. The quantitative estimate of drug-likeness (QED) is 0.285. The second-order valence-electron chi connectivity index (χ2n) is 0.733. The van der Waals surface area contributed by atoms with Gasteiger partial charge in [-0.25, -0.2) is 11.0 Å². The molecule has 2 N–H and O–H groups in total. The van der Waals surface area contributed by atoms with Crippen LogP contribution in [0.1, 0.15) is 6.92 Å². The van der Waals surface area contributed by atoms with Gasteiger partial charge in [0.05, 0.1) is 5.29 Å². The maximum atomic E-state index is 9.14. The molecule has 0 radical (unpaired) electrons. The summed E-state index contributed by atoms with van der Waals surface area (Å²) in [4.78, 5) is 9.14. The van der Waals surface area contributed by atoms with E-state index < -0.39 is 0 Å². The third-order valence-corrected chi connectivity index (χ3v) is 0.301. The van der Waals surface area contributed by atoms with Gasteiger partial charge in [0.2, 0.25) is 0 Å². The van der Waals surface area contributed by atoms with Crippen LogP contribution >= 0.6 is 0 Å². The highest BCUT2D eigenvalue weighted by Crippen LogP contribution is 1.44. The number of rotatable bonds is 3. The summed E-state index contributed by atoms with van der Waals surface area (Å²) in [6, 6.07) is 0. The zero-order chi connectivity index (χ0) is 4.83. The van der Waals surface area contributed by atoms with E-state index in [1.165, 1.54) is 0 Å². The molecule has 4 nitrogen and oxygen atoms in total. The van der Waals surface area contributed by atoms with Gasteiger partial charge in [-0.15, -0.1) is 4.91 Å². The van der Waals surface area contributed by atoms with E-state index in [2.05, 4.69) is 10.7 Å². The van der Waals surface area contributed by atoms with Gasteiger partial charge in [0.25, 0.3) is 0 Å². The molecule has 0 aliphatic rings. The molecule has 0 unspecified atom stereocenters. The third kappa shape index (κ3) is 3.36. The maximum absolute atomic E-state index is 9.14. The number of hydrazine groups is 1. The third-order valence-electron chi connectivity index (χ3n) is 0.301. The average Bonchev–Trinajstić information content (AvgIpc) is 1.61. The fourth-order valence-corrected chi connectivity index (χ4v) is 0.111. The van der Waals surface area contributed by atoms with Gasteiger partial charge in [0.1, 0.15) is 0 Å². The molecule has 0 aliphatic heterocycles. The summed E-state index contributed by atoms with van der Waals surface area (Å²) < 4.78 is 0. The second kappa shape index (κ2) is 4.36. The molecule has 0 saturated carbocycles. The van der Waals surface area contributed by atoms with E-state index in [0.717, 1.165) is 0 Å². The predicted octanol–water partition coefficient (Wildman–Crippen LogP) is -0.218. The highest BCUT2D eigenvalue weighted by molar-refractivity contribution is 4.20. The van der Waals surface area contributed by atoms with Gasteiger partial charge in [0.15, 0.2) is 0 Å². The van der Waals surface area contributed by atoms with Gasteiger partial charge in [-0.3, -0.25) is 0 Å². The lowest BCUT2D eigenvalue weighted by Gasteiger charge is -1.88. The van der Waals surface area contributed by atoms with Crippen molar-refractivity contribution in [3.63, 3.8) is 0 Å². The van der Waals surface area contributed by atoms with E-state index in [9.17, 15) is 0 Å². The van der Waals surface area contributed by atoms with Crippen molar-refractivity contribution in [2.24, 2.45) is 5.29 Å². The van der Waals surface area contributed by atoms with Crippen LogP contribution in [0.2, 0.25) is 0 Å². The van der Waals surface area contributed by atoms with Crippen LogP contribution < -0.4 is 11.0 Å². The number of hydrogen-bond acceptors (Lipinski definition) is 3. The van der Waals surface area contributed by atoms with Crippen molar-refractivity contribution in [1.82, 2.24) is 11.0 Å². The van der Waals surface area contributed by atoms with Gasteiger partial charge >= 0.3 is 0 Å². The summed E-state index contributed by atoms with van der Waals surface area (Å²) in [5.41, 5.74) is 4.49. The lowest BCUT2D eigenvalue weighted by atomic mass is 10.8. The highest BCUT2D eigenvalue weighted by Gasteiger charge is 1.65. The molecule has 0 amide bonds. The van der Waals surface area contributed by atoms with Gasteiger partial charge in [-0.1, -0.05) is 6.92 Å². The van der Waals surface area contributed by atoms with Gasteiger partial charge in [-0.05, 0) is 0 Å². The Morgan fingerprint density at radius 2 is 2.50 bits per heavy atom. The summed E-state index contributed by atoms with van der Waals surface area (Å²) in [7, 11) is 0. The standard InChI is InChI=1S/C2H7N3O/c1-2-3-4-5-6/h2H2,1H3,(H,3,5)(H,4,6). The summed E-state index contributed by atoms with van der Waals surface area (Å²) in [6.45, 7) is 2.56. The highest BCUT2D eigenvalue weighted by atomic mass is 16.3. The SMILES string of the molecule is CCNNN=O. The topological polar surface area (TPSA) is 53.5 Å². The number of nitrogens with one attached hydrogen (secondary N) is 2. The van der Waals surface area contributed by atoms with Crippen molar-refractivity contribution in [1.29, 1.82) is 0 Å². The molecule has 0 saturated heterocycles. The molecule has 36 valence electrons. The summed E-state index contributed by atoms with van der Waals surface area (Å²) in [6.07, 6.45) is 0. The minimum Gasteiger partial charge on any atom is -0.218 e. The fourth-order valence-electron chi connectivity index (χ4n) is 0.111. The lowest BCUT2D eigenvalue weighted by molar-refractivity contribution is 0.574. The minimum atomic E-state index is 0.700. The van der Waals surface area contributed by atoms with Gasteiger partial charge in [-0.2, -0.15) is 0 Å². The van der Waals surface area contributed by atoms with Crippen LogP contribution in [0.25, 0.3) is 0 Å². The molecule has 6 heavy (non-hydrogen) atoms. The molecule has 0 fully saturated rings. The molecule has 0 aromatic rings. The van der Waals surface area contributed by atoms with E-state index in [1.807, 2.05) is 12.5 Å². The van der Waals surface area contributed by atoms with E-state index >= 15 is 0 Å². The van der Waals surface area contributed by atoms with E-state index in [0.29, 0.717) is 6.54 Å². The van der Waals surface area contributed by atoms with Crippen LogP contribution in [-0.4, -0.2) is 6.54 Å². The monoisotopic (exact) mass is 89.1 g/mol. The van der Waals surface area contributed by atoms with Crippen molar-refractivity contribution in [2.45, 2.75) is 6.92 Å². The predicted molar refractivity (Wildman–Crippen MR) is 22.6 cm³/mol. The van der Waals surface area contributed by atoms with Crippen molar-refractivity contribution < 1.29 is 0 Å². The lowest BCUT2D eigenvalue weighted by Crippen LogP contribution is -2.25. The first-order valence-corrected chi connectivity index (χ1v) is 1.72. The van der Waals surface area contributed by atoms with Crippen LogP contribution in [0.15, 0.2) is 5.29 Å². The molecule has 4 heteroatoms. The molecular weight excluding hydrogens is 82.0 g/mol. The Balaban J connectivity index is 2.49.